The number of carboxylic acid groups (broad SMARTS) is 1. The Balaban J connectivity index is 1.60. The van der Waals surface area contributed by atoms with E-state index in [1.54, 1.807) is 0 Å². The Hall–Kier alpha value is -1.58. The molecule has 3 fully saturated rings. The van der Waals surface area contributed by atoms with E-state index in [0.717, 1.165) is 38.5 Å². The van der Waals surface area contributed by atoms with Crippen molar-refractivity contribution >= 4 is 11.8 Å². The number of aliphatic carboxylic acids is 1. The van der Waals surface area contributed by atoms with Crippen LogP contribution in [-0.4, -0.2) is 22.0 Å². The molecule has 0 saturated heterocycles. The third-order valence-corrected chi connectivity index (χ3v) is 7.45. The lowest BCUT2D eigenvalue weighted by Crippen LogP contribution is -2.46. The van der Waals surface area contributed by atoms with Crippen molar-refractivity contribution in [3.05, 3.63) is 23.5 Å². The number of Topliss-reactive ketones (excluding diaryl/α,β-unsaturated/α-hetero) is 1. The van der Waals surface area contributed by atoms with Crippen LogP contribution in [0.1, 0.15) is 51.9 Å². The number of ketones is 1. The van der Waals surface area contributed by atoms with Crippen LogP contribution in [0.5, 0.6) is 0 Å². The first-order valence-corrected chi connectivity index (χ1v) is 9.26. The number of hydrogen-bond acceptors (Lipinski definition) is 3. The van der Waals surface area contributed by atoms with Crippen LogP contribution in [0.25, 0.3) is 0 Å². The third-order valence-electron chi connectivity index (χ3n) is 7.45. The smallest absolute Gasteiger partial charge is 0.304 e. The minimum Gasteiger partial charge on any atom is -0.508 e. The maximum absolute atomic E-state index is 12.9. The van der Waals surface area contributed by atoms with E-state index in [9.17, 15) is 14.7 Å². The molecule has 6 atom stereocenters. The average molecular weight is 330 g/mol. The minimum absolute atomic E-state index is 0.00645. The highest BCUT2D eigenvalue weighted by Gasteiger charge is 2.59. The Kier molecular flexibility index (Phi) is 3.63. The molecule has 0 bridgehead atoms. The maximum Gasteiger partial charge on any atom is 0.304 e. The van der Waals surface area contributed by atoms with Crippen molar-refractivity contribution in [3.63, 3.8) is 0 Å². The van der Waals surface area contributed by atoms with E-state index in [1.165, 1.54) is 5.57 Å². The quantitative estimate of drug-likeness (QED) is 0.806. The number of allylic oxidation sites excluding steroid dienone is 3. The van der Waals surface area contributed by atoms with Crippen LogP contribution < -0.4 is 0 Å². The van der Waals surface area contributed by atoms with Gasteiger partial charge in [-0.1, -0.05) is 12.5 Å². The summed E-state index contributed by atoms with van der Waals surface area (Å²) in [5.74, 6) is 1.43. The third kappa shape index (κ3) is 2.26. The zero-order chi connectivity index (χ0) is 17.1. The number of carbonyl (C=O) groups is 2. The van der Waals surface area contributed by atoms with Crippen molar-refractivity contribution in [2.24, 2.45) is 35.0 Å². The number of fused-ring (bicyclic) bond motifs is 5. The van der Waals surface area contributed by atoms with Crippen LogP contribution in [0.3, 0.4) is 0 Å². The molecular formula is C20H26O4. The molecule has 24 heavy (non-hydrogen) atoms. The predicted molar refractivity (Wildman–Crippen MR) is 89.3 cm³/mol. The highest BCUT2D eigenvalue weighted by molar-refractivity contribution is 5.92. The molecule has 0 spiro atoms. The Labute approximate surface area is 142 Å². The summed E-state index contributed by atoms with van der Waals surface area (Å²) in [6.45, 7) is 2.09. The highest BCUT2D eigenvalue weighted by atomic mass is 16.4. The van der Waals surface area contributed by atoms with Crippen LogP contribution in [-0.2, 0) is 9.59 Å². The van der Waals surface area contributed by atoms with Crippen molar-refractivity contribution in [2.75, 3.05) is 0 Å². The second kappa shape index (κ2) is 5.47. The Morgan fingerprint density at radius 2 is 2.12 bits per heavy atom. The van der Waals surface area contributed by atoms with Crippen molar-refractivity contribution in [3.8, 4) is 0 Å². The van der Waals surface area contributed by atoms with Crippen LogP contribution in [0, 0.1) is 35.0 Å². The maximum atomic E-state index is 12.9. The fourth-order valence-electron chi connectivity index (χ4n) is 6.35. The first-order valence-electron chi connectivity index (χ1n) is 9.26. The number of rotatable bonds is 2. The number of aliphatic hydroxyl groups excluding tert-OH is 1. The molecule has 4 nitrogen and oxygen atoms in total. The normalized spacial score (nSPS) is 44.0. The Bertz CT molecular complexity index is 646. The lowest BCUT2D eigenvalue weighted by Gasteiger charge is -2.51. The van der Waals surface area contributed by atoms with Gasteiger partial charge >= 0.3 is 5.97 Å². The lowest BCUT2D eigenvalue weighted by atomic mass is 9.52. The first-order chi connectivity index (χ1) is 11.4. The summed E-state index contributed by atoms with van der Waals surface area (Å²) in [5.41, 5.74) is 1.07. The molecule has 130 valence electrons. The van der Waals surface area contributed by atoms with Crippen molar-refractivity contribution in [2.45, 2.75) is 51.9 Å². The number of carboxylic acids is 1. The van der Waals surface area contributed by atoms with Gasteiger partial charge in [0.05, 0.1) is 6.42 Å². The molecule has 0 aromatic carbocycles. The van der Waals surface area contributed by atoms with Gasteiger partial charge in [-0.25, -0.2) is 0 Å². The van der Waals surface area contributed by atoms with Gasteiger partial charge in [0.2, 0.25) is 0 Å². The summed E-state index contributed by atoms with van der Waals surface area (Å²) in [4.78, 5) is 24.0. The molecule has 0 heterocycles. The van der Waals surface area contributed by atoms with E-state index >= 15 is 0 Å². The standard InChI is InChI=1S/C20H26O4/c1-20-7-6-15-14-5-3-13(21)8-11(14)2-4-16(15)17(20)9-12(19(20)24)10-18(22)23/h3,8,12,14-17,21H,2,4-7,9-10H2,1H3,(H,22,23)/t12?,14?,15?,16?,17?,20-/m0/s1. The molecule has 4 aliphatic carbocycles. The van der Waals surface area contributed by atoms with Gasteiger partial charge in [-0.3, -0.25) is 9.59 Å². The number of aliphatic hydroxyl groups is 1. The predicted octanol–water partition coefficient (Wildman–Crippen LogP) is 3.88. The van der Waals surface area contributed by atoms with Crippen molar-refractivity contribution in [1.29, 1.82) is 0 Å². The number of hydrogen-bond donors (Lipinski definition) is 2. The molecule has 2 N–H and O–H groups in total. The first kappa shape index (κ1) is 15.9. The second-order valence-corrected chi connectivity index (χ2v) is 8.51. The Morgan fingerprint density at radius 3 is 2.88 bits per heavy atom. The van der Waals surface area contributed by atoms with Gasteiger partial charge in [0.15, 0.2) is 0 Å². The number of carbonyl (C=O) groups excluding carboxylic acids is 1. The minimum atomic E-state index is -0.853. The molecule has 0 aromatic rings. The summed E-state index contributed by atoms with van der Waals surface area (Å²) in [6.07, 6.45) is 9.58. The van der Waals surface area contributed by atoms with Crippen LogP contribution >= 0.6 is 0 Å². The monoisotopic (exact) mass is 330 g/mol. The zero-order valence-electron chi connectivity index (χ0n) is 14.2. The molecule has 5 unspecified atom stereocenters. The molecule has 0 radical (unpaired) electrons. The summed E-state index contributed by atoms with van der Waals surface area (Å²) in [6, 6.07) is 0. The van der Waals surface area contributed by atoms with Gasteiger partial charge in [-0.15, -0.1) is 0 Å². The summed E-state index contributed by atoms with van der Waals surface area (Å²) in [7, 11) is 0. The lowest BCUT2D eigenvalue weighted by molar-refractivity contribution is -0.142. The molecule has 4 heteroatoms. The fraction of sp³-hybridized carbons (Fsp3) is 0.700. The van der Waals surface area contributed by atoms with E-state index in [-0.39, 0.29) is 23.5 Å². The molecule has 3 saturated carbocycles. The fourth-order valence-corrected chi connectivity index (χ4v) is 6.35. The second-order valence-electron chi connectivity index (χ2n) is 8.51. The summed E-state index contributed by atoms with van der Waals surface area (Å²) in [5, 5.41) is 18.9. The largest absolute Gasteiger partial charge is 0.508 e. The topological polar surface area (TPSA) is 74.6 Å². The Morgan fingerprint density at radius 1 is 1.33 bits per heavy atom. The van der Waals surface area contributed by atoms with Crippen LogP contribution in [0.15, 0.2) is 23.5 Å². The van der Waals surface area contributed by atoms with Crippen LogP contribution in [0.2, 0.25) is 0 Å². The summed E-state index contributed by atoms with van der Waals surface area (Å²) >= 11 is 0. The van der Waals surface area contributed by atoms with E-state index < -0.39 is 5.97 Å². The molecule has 4 aliphatic rings. The van der Waals surface area contributed by atoms with E-state index in [4.69, 9.17) is 5.11 Å². The van der Waals surface area contributed by atoms with E-state index in [0.29, 0.717) is 29.4 Å². The average Bonchev–Trinajstić information content (AvgIpc) is 2.78. The molecule has 0 amide bonds. The van der Waals surface area contributed by atoms with Crippen LogP contribution in [0.4, 0.5) is 0 Å². The van der Waals surface area contributed by atoms with E-state index in [2.05, 4.69) is 6.92 Å². The SMILES string of the molecule is C[C@]12CCC3C4CC=C(O)C=C4CCC3C1CC(CC(=O)O)C2=O. The van der Waals surface area contributed by atoms with Gasteiger partial charge in [0, 0.05) is 11.3 Å². The van der Waals surface area contributed by atoms with Crippen molar-refractivity contribution < 1.29 is 19.8 Å². The highest BCUT2D eigenvalue weighted by Crippen LogP contribution is 2.61. The molecule has 0 aromatic heterocycles. The molecule has 0 aliphatic heterocycles. The van der Waals surface area contributed by atoms with Gasteiger partial charge in [-0.05, 0) is 74.3 Å². The molecular weight excluding hydrogens is 304 g/mol. The summed E-state index contributed by atoms with van der Waals surface area (Å²) < 4.78 is 0. The van der Waals surface area contributed by atoms with Gasteiger partial charge in [0.1, 0.15) is 11.5 Å². The zero-order valence-corrected chi connectivity index (χ0v) is 14.2. The van der Waals surface area contributed by atoms with Crippen molar-refractivity contribution in [1.82, 2.24) is 0 Å². The van der Waals surface area contributed by atoms with E-state index in [1.807, 2.05) is 12.2 Å². The van der Waals surface area contributed by atoms with Gasteiger partial charge < -0.3 is 10.2 Å². The van der Waals surface area contributed by atoms with Gasteiger partial charge in [-0.2, -0.15) is 0 Å². The van der Waals surface area contributed by atoms with Gasteiger partial charge in [0.25, 0.3) is 0 Å². The molecule has 4 rings (SSSR count).